The van der Waals surface area contributed by atoms with E-state index in [0.29, 0.717) is 0 Å². The van der Waals surface area contributed by atoms with Crippen LogP contribution in [0.25, 0.3) is 0 Å². The Morgan fingerprint density at radius 3 is 2.22 bits per heavy atom. The van der Waals surface area contributed by atoms with Crippen molar-refractivity contribution in [2.45, 2.75) is 59.2 Å². The second-order valence-corrected chi connectivity index (χ2v) is 5.97. The van der Waals surface area contributed by atoms with Crippen LogP contribution in [0.3, 0.4) is 0 Å². The van der Waals surface area contributed by atoms with Gasteiger partial charge in [0.2, 0.25) is 0 Å². The zero-order chi connectivity index (χ0) is 13.6. The highest BCUT2D eigenvalue weighted by atomic mass is 16.7. The van der Waals surface area contributed by atoms with Crippen molar-refractivity contribution in [3.05, 3.63) is 23.5 Å². The molecule has 0 spiro atoms. The number of hydrogen-bond acceptors (Lipinski definition) is 3. The lowest BCUT2D eigenvalue weighted by molar-refractivity contribution is 0.00578. The summed E-state index contributed by atoms with van der Waals surface area (Å²) in [5, 5.41) is 0. The van der Waals surface area contributed by atoms with Crippen molar-refractivity contribution in [2.75, 3.05) is 0 Å². The van der Waals surface area contributed by atoms with Gasteiger partial charge in [-0.3, -0.25) is 4.98 Å². The number of nitrogens with zero attached hydrogens (tertiary/aromatic N) is 1. The molecule has 1 aliphatic rings. The Kier molecular flexibility index (Phi) is 3.28. The van der Waals surface area contributed by atoms with Gasteiger partial charge in [-0.1, -0.05) is 6.92 Å². The van der Waals surface area contributed by atoms with Crippen molar-refractivity contribution >= 4 is 12.6 Å². The van der Waals surface area contributed by atoms with Crippen molar-refractivity contribution in [3.63, 3.8) is 0 Å². The standard InChI is InChI=1S/C14H22BNO2/c1-7-11-9-16-10(2)8-12(11)15-17-13(3,4)14(5,6)18-15/h8-9H,7H2,1-6H3. The quantitative estimate of drug-likeness (QED) is 0.751. The van der Waals surface area contributed by atoms with Crippen LogP contribution in [0.15, 0.2) is 12.3 Å². The summed E-state index contributed by atoms with van der Waals surface area (Å²) in [7, 11) is -0.286. The van der Waals surface area contributed by atoms with Gasteiger partial charge in [-0.15, -0.1) is 0 Å². The first-order chi connectivity index (χ1) is 8.27. The van der Waals surface area contributed by atoms with Crippen molar-refractivity contribution < 1.29 is 9.31 Å². The van der Waals surface area contributed by atoms with E-state index in [-0.39, 0.29) is 18.3 Å². The zero-order valence-corrected chi connectivity index (χ0v) is 12.2. The van der Waals surface area contributed by atoms with Crippen LogP contribution in [0.5, 0.6) is 0 Å². The molecule has 1 aliphatic heterocycles. The van der Waals surface area contributed by atoms with Crippen LogP contribution in [0, 0.1) is 6.92 Å². The third-order valence-electron chi connectivity index (χ3n) is 4.05. The lowest BCUT2D eigenvalue weighted by atomic mass is 9.76. The smallest absolute Gasteiger partial charge is 0.399 e. The normalized spacial score (nSPS) is 21.3. The van der Waals surface area contributed by atoms with E-state index in [1.54, 1.807) is 0 Å². The minimum Gasteiger partial charge on any atom is -0.399 e. The fourth-order valence-electron chi connectivity index (χ4n) is 2.09. The lowest BCUT2D eigenvalue weighted by Gasteiger charge is -2.32. The summed E-state index contributed by atoms with van der Waals surface area (Å²) < 4.78 is 12.2. The molecule has 1 fully saturated rings. The van der Waals surface area contributed by atoms with Gasteiger partial charge in [0.05, 0.1) is 11.2 Å². The molecule has 4 heteroatoms. The van der Waals surface area contributed by atoms with Gasteiger partial charge < -0.3 is 9.31 Å². The number of hydrogen-bond donors (Lipinski definition) is 0. The predicted molar refractivity (Wildman–Crippen MR) is 74.1 cm³/mol. The molecule has 0 saturated carbocycles. The molecule has 1 saturated heterocycles. The SMILES string of the molecule is CCc1cnc(C)cc1B1OC(C)(C)C(C)(C)O1. The minimum atomic E-state index is -0.292. The van der Waals surface area contributed by atoms with Crippen molar-refractivity contribution in [1.29, 1.82) is 0 Å². The van der Waals surface area contributed by atoms with Crippen molar-refractivity contribution in [1.82, 2.24) is 4.98 Å². The molecule has 0 aromatic carbocycles. The summed E-state index contributed by atoms with van der Waals surface area (Å²) in [6.07, 6.45) is 2.86. The molecule has 0 radical (unpaired) electrons. The summed E-state index contributed by atoms with van der Waals surface area (Å²) in [4.78, 5) is 4.34. The van der Waals surface area contributed by atoms with E-state index in [0.717, 1.165) is 17.6 Å². The van der Waals surface area contributed by atoms with Gasteiger partial charge >= 0.3 is 7.12 Å². The largest absolute Gasteiger partial charge is 0.495 e. The van der Waals surface area contributed by atoms with Crippen LogP contribution in [-0.2, 0) is 15.7 Å². The zero-order valence-electron chi connectivity index (χ0n) is 12.2. The average molecular weight is 247 g/mol. The maximum Gasteiger partial charge on any atom is 0.495 e. The van der Waals surface area contributed by atoms with E-state index < -0.39 is 0 Å². The van der Waals surface area contributed by atoms with E-state index in [1.807, 2.05) is 13.1 Å². The number of pyridine rings is 1. The summed E-state index contributed by atoms with van der Waals surface area (Å²) in [5.74, 6) is 0. The molecule has 2 heterocycles. The van der Waals surface area contributed by atoms with E-state index in [2.05, 4.69) is 45.7 Å². The number of rotatable bonds is 2. The van der Waals surface area contributed by atoms with E-state index >= 15 is 0 Å². The van der Waals surface area contributed by atoms with Gasteiger partial charge in [0.25, 0.3) is 0 Å². The van der Waals surface area contributed by atoms with Crippen molar-refractivity contribution in [3.8, 4) is 0 Å². The Hall–Kier alpha value is -0.865. The van der Waals surface area contributed by atoms with Gasteiger partial charge in [0.1, 0.15) is 0 Å². The first-order valence-electron chi connectivity index (χ1n) is 6.58. The monoisotopic (exact) mass is 247 g/mol. The minimum absolute atomic E-state index is 0.286. The molecule has 1 aromatic rings. The van der Waals surface area contributed by atoms with Crippen LogP contribution in [0.1, 0.15) is 45.9 Å². The molecule has 98 valence electrons. The van der Waals surface area contributed by atoms with Gasteiger partial charge in [-0.2, -0.15) is 0 Å². The molecule has 0 bridgehead atoms. The van der Waals surface area contributed by atoms with Gasteiger partial charge in [-0.25, -0.2) is 0 Å². The third kappa shape index (κ3) is 2.19. The third-order valence-corrected chi connectivity index (χ3v) is 4.05. The fourth-order valence-corrected chi connectivity index (χ4v) is 2.09. The van der Waals surface area contributed by atoms with Gasteiger partial charge in [-0.05, 0) is 58.1 Å². The second kappa shape index (κ2) is 4.35. The average Bonchev–Trinajstić information content (AvgIpc) is 2.48. The van der Waals surface area contributed by atoms with Crippen molar-refractivity contribution in [2.24, 2.45) is 0 Å². The first-order valence-corrected chi connectivity index (χ1v) is 6.58. The molecular formula is C14H22BNO2. The maximum absolute atomic E-state index is 6.10. The predicted octanol–water partition coefficient (Wildman–Crippen LogP) is 2.25. The number of aromatic nitrogens is 1. The number of aryl methyl sites for hydroxylation is 2. The van der Waals surface area contributed by atoms with Crippen LogP contribution < -0.4 is 5.46 Å². The van der Waals surface area contributed by atoms with Crippen LogP contribution in [0.4, 0.5) is 0 Å². The highest BCUT2D eigenvalue weighted by molar-refractivity contribution is 6.62. The molecule has 0 unspecified atom stereocenters. The molecular weight excluding hydrogens is 225 g/mol. The maximum atomic E-state index is 6.10. The van der Waals surface area contributed by atoms with Crippen LogP contribution in [0.2, 0.25) is 0 Å². The fraction of sp³-hybridized carbons (Fsp3) is 0.643. The summed E-state index contributed by atoms with van der Waals surface area (Å²) >= 11 is 0. The van der Waals surface area contributed by atoms with E-state index in [4.69, 9.17) is 9.31 Å². The van der Waals surface area contributed by atoms with Crippen LogP contribution >= 0.6 is 0 Å². The molecule has 0 aliphatic carbocycles. The molecule has 0 atom stereocenters. The Bertz CT molecular complexity index is 441. The Balaban J connectivity index is 2.37. The Morgan fingerprint density at radius 1 is 1.17 bits per heavy atom. The Morgan fingerprint density at radius 2 is 1.72 bits per heavy atom. The van der Waals surface area contributed by atoms with Crippen LogP contribution in [-0.4, -0.2) is 23.3 Å². The second-order valence-electron chi connectivity index (χ2n) is 5.97. The molecule has 2 rings (SSSR count). The summed E-state index contributed by atoms with van der Waals surface area (Å²) in [6, 6.07) is 2.07. The van der Waals surface area contributed by atoms with Gasteiger partial charge in [0.15, 0.2) is 0 Å². The van der Waals surface area contributed by atoms with E-state index in [1.165, 1.54) is 5.56 Å². The molecule has 0 amide bonds. The van der Waals surface area contributed by atoms with Gasteiger partial charge in [0, 0.05) is 11.9 Å². The molecule has 1 aromatic heterocycles. The first kappa shape index (κ1) is 13.6. The highest BCUT2D eigenvalue weighted by Crippen LogP contribution is 2.36. The van der Waals surface area contributed by atoms with E-state index in [9.17, 15) is 0 Å². The lowest BCUT2D eigenvalue weighted by Crippen LogP contribution is -2.41. The molecule has 3 nitrogen and oxygen atoms in total. The molecule has 18 heavy (non-hydrogen) atoms. The summed E-state index contributed by atoms with van der Waals surface area (Å²) in [5.41, 5.74) is 2.72. The topological polar surface area (TPSA) is 31.4 Å². The molecule has 0 N–H and O–H groups in total. The summed E-state index contributed by atoms with van der Waals surface area (Å²) in [6.45, 7) is 12.4. The Labute approximate surface area is 110 Å². The highest BCUT2D eigenvalue weighted by Gasteiger charge is 2.52.